The molecule has 0 aliphatic heterocycles. The molecule has 2 aromatic heterocycles. The fraction of sp³-hybridized carbons (Fsp3) is 0.300. The van der Waals surface area contributed by atoms with E-state index in [1.54, 1.807) is 24.2 Å². The van der Waals surface area contributed by atoms with Gasteiger partial charge in [-0.3, -0.25) is 9.48 Å². The van der Waals surface area contributed by atoms with Crippen LogP contribution in [0.3, 0.4) is 0 Å². The number of carbonyl (C=O) groups excluding carboxylic acids is 1. The molecule has 0 fully saturated rings. The van der Waals surface area contributed by atoms with Crippen molar-refractivity contribution in [2.24, 2.45) is 7.05 Å². The van der Waals surface area contributed by atoms with E-state index in [0.717, 1.165) is 29.8 Å². The first-order valence-electron chi connectivity index (χ1n) is 8.44. The van der Waals surface area contributed by atoms with Gasteiger partial charge in [-0.2, -0.15) is 5.10 Å². The smallest absolute Gasteiger partial charge is 0.257 e. The Labute approximate surface area is 147 Å². The summed E-state index contributed by atoms with van der Waals surface area (Å²) in [5.74, 6) is 0.659. The van der Waals surface area contributed by atoms with Gasteiger partial charge in [-0.25, -0.2) is 0 Å². The number of benzene rings is 1. The molecule has 2 heterocycles. The Kier molecular flexibility index (Phi) is 5.03. The molecule has 5 heteroatoms. The SMILES string of the molecule is Cc1occc1C(=O)N(C)CCCc1cc(-c2ccccc2)n(C)n1. The molecular weight excluding hydrogens is 314 g/mol. The van der Waals surface area contributed by atoms with Gasteiger partial charge >= 0.3 is 0 Å². The summed E-state index contributed by atoms with van der Waals surface area (Å²) < 4.78 is 7.12. The quantitative estimate of drug-likeness (QED) is 0.689. The van der Waals surface area contributed by atoms with Crippen LogP contribution < -0.4 is 0 Å². The fourth-order valence-corrected chi connectivity index (χ4v) is 2.94. The van der Waals surface area contributed by atoms with Crippen LogP contribution in [0, 0.1) is 6.92 Å². The molecule has 0 atom stereocenters. The van der Waals surface area contributed by atoms with E-state index in [1.807, 2.05) is 37.0 Å². The lowest BCUT2D eigenvalue weighted by Crippen LogP contribution is -2.28. The van der Waals surface area contributed by atoms with Gasteiger partial charge in [-0.1, -0.05) is 30.3 Å². The highest BCUT2D eigenvalue weighted by Gasteiger charge is 2.16. The third-order valence-corrected chi connectivity index (χ3v) is 4.36. The lowest BCUT2D eigenvalue weighted by molar-refractivity contribution is 0.0791. The van der Waals surface area contributed by atoms with E-state index in [2.05, 4.69) is 23.3 Å². The number of carbonyl (C=O) groups is 1. The van der Waals surface area contributed by atoms with E-state index in [9.17, 15) is 4.79 Å². The Bertz CT molecular complexity index is 849. The van der Waals surface area contributed by atoms with Gasteiger partial charge in [0.2, 0.25) is 0 Å². The first-order chi connectivity index (χ1) is 12.1. The minimum absolute atomic E-state index is 0.00255. The summed E-state index contributed by atoms with van der Waals surface area (Å²) in [6, 6.07) is 14.1. The van der Waals surface area contributed by atoms with Crippen molar-refractivity contribution in [2.75, 3.05) is 13.6 Å². The summed E-state index contributed by atoms with van der Waals surface area (Å²) in [4.78, 5) is 14.1. The lowest BCUT2D eigenvalue weighted by Gasteiger charge is -2.16. The highest BCUT2D eigenvalue weighted by molar-refractivity contribution is 5.94. The lowest BCUT2D eigenvalue weighted by atomic mass is 10.1. The zero-order chi connectivity index (χ0) is 17.8. The summed E-state index contributed by atoms with van der Waals surface area (Å²) in [6.07, 6.45) is 3.25. The minimum atomic E-state index is -0.00255. The van der Waals surface area contributed by atoms with E-state index in [1.165, 1.54) is 0 Å². The summed E-state index contributed by atoms with van der Waals surface area (Å²) in [5, 5.41) is 4.59. The third-order valence-electron chi connectivity index (χ3n) is 4.36. The van der Waals surface area contributed by atoms with Gasteiger partial charge in [0.05, 0.1) is 23.2 Å². The number of aryl methyl sites for hydroxylation is 3. The molecule has 3 aromatic rings. The van der Waals surface area contributed by atoms with Crippen molar-refractivity contribution in [3.63, 3.8) is 0 Å². The molecule has 5 nitrogen and oxygen atoms in total. The Morgan fingerprint density at radius 3 is 2.68 bits per heavy atom. The number of aromatic nitrogens is 2. The van der Waals surface area contributed by atoms with Crippen LogP contribution in [-0.2, 0) is 13.5 Å². The molecule has 0 aliphatic carbocycles. The van der Waals surface area contributed by atoms with Crippen molar-refractivity contribution in [3.05, 3.63) is 65.7 Å². The highest BCUT2D eigenvalue weighted by Crippen LogP contribution is 2.20. The maximum atomic E-state index is 12.4. The van der Waals surface area contributed by atoms with Crippen molar-refractivity contribution in [3.8, 4) is 11.3 Å². The Morgan fingerprint density at radius 2 is 2.00 bits per heavy atom. The molecule has 1 aromatic carbocycles. The van der Waals surface area contributed by atoms with Crippen molar-refractivity contribution >= 4 is 5.91 Å². The van der Waals surface area contributed by atoms with Gasteiger partial charge in [0.25, 0.3) is 5.91 Å². The number of hydrogen-bond acceptors (Lipinski definition) is 3. The van der Waals surface area contributed by atoms with Gasteiger partial charge in [0, 0.05) is 20.6 Å². The zero-order valence-electron chi connectivity index (χ0n) is 14.9. The number of rotatable bonds is 6. The second-order valence-electron chi connectivity index (χ2n) is 6.23. The maximum Gasteiger partial charge on any atom is 0.257 e. The van der Waals surface area contributed by atoms with E-state index in [4.69, 9.17) is 4.42 Å². The average molecular weight is 337 g/mol. The zero-order valence-corrected chi connectivity index (χ0v) is 14.9. The monoisotopic (exact) mass is 337 g/mol. The molecule has 3 rings (SSSR count). The predicted octanol–water partition coefficient (Wildman–Crippen LogP) is 3.69. The first kappa shape index (κ1) is 17.0. The predicted molar refractivity (Wildman–Crippen MR) is 97.4 cm³/mol. The van der Waals surface area contributed by atoms with E-state index >= 15 is 0 Å². The number of furan rings is 1. The Hall–Kier alpha value is -2.82. The molecule has 1 amide bonds. The van der Waals surface area contributed by atoms with Crippen LogP contribution in [0.5, 0.6) is 0 Å². The van der Waals surface area contributed by atoms with Crippen LogP contribution in [0.15, 0.2) is 53.1 Å². The molecule has 0 saturated carbocycles. The molecule has 0 unspecified atom stereocenters. The van der Waals surface area contributed by atoms with E-state index in [-0.39, 0.29) is 5.91 Å². The maximum absolute atomic E-state index is 12.4. The first-order valence-corrected chi connectivity index (χ1v) is 8.44. The van der Waals surface area contributed by atoms with Crippen molar-refractivity contribution < 1.29 is 9.21 Å². The molecular formula is C20H23N3O2. The second kappa shape index (κ2) is 7.38. The molecule has 0 spiro atoms. The van der Waals surface area contributed by atoms with Crippen molar-refractivity contribution in [2.45, 2.75) is 19.8 Å². The summed E-state index contributed by atoms with van der Waals surface area (Å²) in [5.41, 5.74) is 3.94. The second-order valence-corrected chi connectivity index (χ2v) is 6.23. The molecule has 25 heavy (non-hydrogen) atoms. The topological polar surface area (TPSA) is 51.3 Å². The normalized spacial score (nSPS) is 10.8. The summed E-state index contributed by atoms with van der Waals surface area (Å²) in [6.45, 7) is 2.49. The van der Waals surface area contributed by atoms with E-state index < -0.39 is 0 Å². The van der Waals surface area contributed by atoms with Crippen molar-refractivity contribution in [1.82, 2.24) is 14.7 Å². The van der Waals surface area contributed by atoms with Gasteiger partial charge in [0.15, 0.2) is 0 Å². The largest absolute Gasteiger partial charge is 0.469 e. The van der Waals surface area contributed by atoms with Gasteiger partial charge in [-0.05, 0) is 37.5 Å². The van der Waals surface area contributed by atoms with Crippen LogP contribution in [0.25, 0.3) is 11.3 Å². The Morgan fingerprint density at radius 1 is 1.24 bits per heavy atom. The summed E-state index contributed by atoms with van der Waals surface area (Å²) >= 11 is 0. The Balaban J connectivity index is 1.58. The van der Waals surface area contributed by atoms with Crippen LogP contribution >= 0.6 is 0 Å². The minimum Gasteiger partial charge on any atom is -0.469 e. The van der Waals surface area contributed by atoms with Crippen LogP contribution in [-0.4, -0.2) is 34.2 Å². The summed E-state index contributed by atoms with van der Waals surface area (Å²) in [7, 11) is 3.78. The molecule has 0 saturated heterocycles. The molecule has 130 valence electrons. The molecule has 0 radical (unpaired) electrons. The van der Waals surface area contributed by atoms with Crippen LogP contribution in [0.1, 0.15) is 28.2 Å². The van der Waals surface area contributed by atoms with Gasteiger partial charge in [0.1, 0.15) is 5.76 Å². The fourth-order valence-electron chi connectivity index (χ4n) is 2.94. The molecule has 0 N–H and O–H groups in total. The number of nitrogens with zero attached hydrogens (tertiary/aromatic N) is 3. The standard InChI is InChI=1S/C20H23N3O2/c1-15-18(11-13-25-15)20(24)22(2)12-7-10-17-14-19(23(3)21-17)16-8-5-4-6-9-16/h4-6,8-9,11,13-14H,7,10,12H2,1-3H3. The van der Waals surface area contributed by atoms with Crippen molar-refractivity contribution in [1.29, 1.82) is 0 Å². The van der Waals surface area contributed by atoms with Crippen LogP contribution in [0.4, 0.5) is 0 Å². The highest BCUT2D eigenvalue weighted by atomic mass is 16.3. The van der Waals surface area contributed by atoms with Crippen LogP contribution in [0.2, 0.25) is 0 Å². The average Bonchev–Trinajstić information content (AvgIpc) is 3.20. The number of hydrogen-bond donors (Lipinski definition) is 0. The number of amides is 1. The molecule has 0 aliphatic rings. The van der Waals surface area contributed by atoms with E-state index in [0.29, 0.717) is 17.9 Å². The van der Waals surface area contributed by atoms with Gasteiger partial charge < -0.3 is 9.32 Å². The molecule has 0 bridgehead atoms. The third kappa shape index (κ3) is 3.82. The van der Waals surface area contributed by atoms with Gasteiger partial charge in [-0.15, -0.1) is 0 Å².